The fourth-order valence-electron chi connectivity index (χ4n) is 1.78. The molecule has 0 aliphatic carbocycles. The van der Waals surface area contributed by atoms with Gasteiger partial charge in [-0.25, -0.2) is 4.39 Å². The summed E-state index contributed by atoms with van der Waals surface area (Å²) in [5, 5.41) is 10.1. The molecule has 0 heterocycles. The third kappa shape index (κ3) is 2.53. The molecule has 17 heavy (non-hydrogen) atoms. The van der Waals surface area contributed by atoms with Crippen LogP contribution in [-0.2, 0) is 0 Å². The van der Waals surface area contributed by atoms with E-state index >= 15 is 0 Å². The van der Waals surface area contributed by atoms with E-state index in [0.717, 1.165) is 11.1 Å². The van der Waals surface area contributed by atoms with Gasteiger partial charge in [-0.1, -0.05) is 42.0 Å². The molecule has 1 unspecified atom stereocenters. The summed E-state index contributed by atoms with van der Waals surface area (Å²) >= 11 is 0. The number of halogens is 1. The molecule has 2 aromatic carbocycles. The van der Waals surface area contributed by atoms with E-state index in [0.29, 0.717) is 11.1 Å². The predicted octanol–water partition coefficient (Wildman–Crippen LogP) is 3.52. The number of benzene rings is 2. The maximum atomic E-state index is 13.7. The van der Waals surface area contributed by atoms with Crippen LogP contribution in [0.2, 0.25) is 0 Å². The zero-order chi connectivity index (χ0) is 12.4. The summed E-state index contributed by atoms with van der Waals surface area (Å²) in [6, 6.07) is 12.3. The molecular weight excluding hydrogens is 215 g/mol. The Morgan fingerprint density at radius 2 is 1.53 bits per heavy atom. The van der Waals surface area contributed by atoms with Gasteiger partial charge in [0.05, 0.1) is 0 Å². The predicted molar refractivity (Wildman–Crippen MR) is 66.4 cm³/mol. The van der Waals surface area contributed by atoms with Crippen LogP contribution >= 0.6 is 0 Å². The highest BCUT2D eigenvalue weighted by Crippen LogP contribution is 2.25. The summed E-state index contributed by atoms with van der Waals surface area (Å²) in [6.45, 7) is 3.80. The summed E-state index contributed by atoms with van der Waals surface area (Å²) in [4.78, 5) is 0. The molecule has 0 fully saturated rings. The van der Waals surface area contributed by atoms with Crippen molar-refractivity contribution in [3.8, 4) is 0 Å². The molecule has 1 atom stereocenters. The Morgan fingerprint density at radius 3 is 2.12 bits per heavy atom. The van der Waals surface area contributed by atoms with E-state index in [4.69, 9.17) is 0 Å². The van der Waals surface area contributed by atoms with Gasteiger partial charge < -0.3 is 5.11 Å². The monoisotopic (exact) mass is 230 g/mol. The third-order valence-corrected chi connectivity index (χ3v) is 2.84. The van der Waals surface area contributed by atoms with Gasteiger partial charge in [0.2, 0.25) is 0 Å². The Morgan fingerprint density at radius 1 is 0.941 bits per heavy atom. The first-order chi connectivity index (χ1) is 8.08. The average molecular weight is 230 g/mol. The molecule has 0 spiro atoms. The molecule has 0 saturated carbocycles. The molecule has 0 aromatic heterocycles. The minimum absolute atomic E-state index is 0.319. The standard InChI is InChI=1S/C15H15FO/c1-10-3-6-12(7-4-10)15(17)13-8-5-11(2)9-14(13)16/h3-9,15,17H,1-2H3. The summed E-state index contributed by atoms with van der Waals surface area (Å²) in [7, 11) is 0. The van der Waals surface area contributed by atoms with Crippen LogP contribution in [-0.4, -0.2) is 5.11 Å². The number of hydrogen-bond acceptors (Lipinski definition) is 1. The minimum Gasteiger partial charge on any atom is -0.384 e. The van der Waals surface area contributed by atoms with Crippen LogP contribution < -0.4 is 0 Å². The normalized spacial score (nSPS) is 12.5. The summed E-state index contributed by atoms with van der Waals surface area (Å²) < 4.78 is 13.7. The molecule has 0 amide bonds. The van der Waals surface area contributed by atoms with Crippen molar-refractivity contribution in [3.05, 3.63) is 70.5 Å². The summed E-state index contributed by atoms with van der Waals surface area (Å²) in [6.07, 6.45) is -0.906. The van der Waals surface area contributed by atoms with E-state index in [1.807, 2.05) is 38.1 Å². The van der Waals surface area contributed by atoms with Crippen LogP contribution in [0.4, 0.5) is 4.39 Å². The van der Waals surface area contributed by atoms with Gasteiger partial charge in [0, 0.05) is 5.56 Å². The van der Waals surface area contributed by atoms with Gasteiger partial charge in [-0.05, 0) is 31.0 Å². The quantitative estimate of drug-likeness (QED) is 0.836. The van der Waals surface area contributed by atoms with Gasteiger partial charge in [0.15, 0.2) is 0 Å². The highest BCUT2D eigenvalue weighted by atomic mass is 19.1. The molecule has 2 aromatic rings. The number of hydrogen-bond donors (Lipinski definition) is 1. The second kappa shape index (κ2) is 4.68. The van der Waals surface area contributed by atoms with Crippen LogP contribution in [0.15, 0.2) is 42.5 Å². The molecule has 0 bridgehead atoms. The number of aliphatic hydroxyl groups excluding tert-OH is 1. The molecule has 1 N–H and O–H groups in total. The first-order valence-electron chi connectivity index (χ1n) is 5.58. The van der Waals surface area contributed by atoms with Crippen LogP contribution in [0.25, 0.3) is 0 Å². The molecular formula is C15H15FO. The van der Waals surface area contributed by atoms with Crippen molar-refractivity contribution in [2.75, 3.05) is 0 Å². The van der Waals surface area contributed by atoms with Crippen molar-refractivity contribution in [1.29, 1.82) is 0 Å². The highest BCUT2D eigenvalue weighted by molar-refractivity contribution is 5.33. The molecule has 1 nitrogen and oxygen atoms in total. The first kappa shape index (κ1) is 11.8. The lowest BCUT2D eigenvalue weighted by atomic mass is 9.99. The van der Waals surface area contributed by atoms with Gasteiger partial charge >= 0.3 is 0 Å². The van der Waals surface area contributed by atoms with Crippen molar-refractivity contribution in [3.63, 3.8) is 0 Å². The van der Waals surface area contributed by atoms with Crippen LogP contribution in [0.3, 0.4) is 0 Å². The maximum Gasteiger partial charge on any atom is 0.129 e. The van der Waals surface area contributed by atoms with Crippen molar-refractivity contribution >= 4 is 0 Å². The Hall–Kier alpha value is -1.67. The topological polar surface area (TPSA) is 20.2 Å². The summed E-state index contributed by atoms with van der Waals surface area (Å²) in [5.41, 5.74) is 2.99. The zero-order valence-electron chi connectivity index (χ0n) is 9.94. The molecule has 2 heteroatoms. The smallest absolute Gasteiger partial charge is 0.129 e. The number of aliphatic hydroxyl groups is 1. The lowest BCUT2D eigenvalue weighted by molar-refractivity contribution is 0.215. The molecule has 0 aliphatic heterocycles. The highest BCUT2D eigenvalue weighted by Gasteiger charge is 2.14. The van der Waals surface area contributed by atoms with E-state index in [-0.39, 0.29) is 5.82 Å². The van der Waals surface area contributed by atoms with Crippen molar-refractivity contribution in [2.24, 2.45) is 0 Å². The molecule has 2 rings (SSSR count). The maximum absolute atomic E-state index is 13.7. The fraction of sp³-hybridized carbons (Fsp3) is 0.200. The summed E-state index contributed by atoms with van der Waals surface area (Å²) in [5.74, 6) is -0.363. The van der Waals surface area contributed by atoms with Gasteiger partial charge in [0.25, 0.3) is 0 Å². The van der Waals surface area contributed by atoms with Crippen LogP contribution in [0.5, 0.6) is 0 Å². The van der Waals surface area contributed by atoms with Crippen molar-refractivity contribution in [2.45, 2.75) is 20.0 Å². The Balaban J connectivity index is 2.36. The Labute approximate surface area is 101 Å². The first-order valence-corrected chi connectivity index (χ1v) is 5.58. The fourth-order valence-corrected chi connectivity index (χ4v) is 1.78. The second-order valence-corrected chi connectivity index (χ2v) is 4.34. The number of aryl methyl sites for hydroxylation is 2. The van der Waals surface area contributed by atoms with Crippen molar-refractivity contribution in [1.82, 2.24) is 0 Å². The van der Waals surface area contributed by atoms with Crippen LogP contribution in [0.1, 0.15) is 28.4 Å². The number of rotatable bonds is 2. The van der Waals surface area contributed by atoms with E-state index in [9.17, 15) is 9.50 Å². The van der Waals surface area contributed by atoms with Gasteiger partial charge in [-0.2, -0.15) is 0 Å². The lowest BCUT2D eigenvalue weighted by Gasteiger charge is -2.13. The van der Waals surface area contributed by atoms with Gasteiger partial charge in [-0.15, -0.1) is 0 Å². The largest absolute Gasteiger partial charge is 0.384 e. The molecule has 0 radical (unpaired) electrons. The van der Waals surface area contributed by atoms with E-state index < -0.39 is 6.10 Å². The van der Waals surface area contributed by atoms with Crippen LogP contribution in [0, 0.1) is 19.7 Å². The Kier molecular flexibility index (Phi) is 3.25. The van der Waals surface area contributed by atoms with E-state index in [1.54, 1.807) is 12.1 Å². The SMILES string of the molecule is Cc1ccc(C(O)c2ccc(C)cc2F)cc1. The Bertz CT molecular complexity index is 517. The second-order valence-electron chi connectivity index (χ2n) is 4.34. The molecule has 88 valence electrons. The third-order valence-electron chi connectivity index (χ3n) is 2.84. The minimum atomic E-state index is -0.906. The molecule has 0 aliphatic rings. The van der Waals surface area contributed by atoms with Gasteiger partial charge in [0.1, 0.15) is 11.9 Å². The van der Waals surface area contributed by atoms with Gasteiger partial charge in [-0.3, -0.25) is 0 Å². The average Bonchev–Trinajstić information content (AvgIpc) is 2.29. The lowest BCUT2D eigenvalue weighted by Crippen LogP contribution is -2.02. The van der Waals surface area contributed by atoms with Crippen molar-refractivity contribution < 1.29 is 9.50 Å². The van der Waals surface area contributed by atoms with E-state index in [1.165, 1.54) is 6.07 Å². The zero-order valence-corrected chi connectivity index (χ0v) is 9.94. The molecule has 0 saturated heterocycles. The van der Waals surface area contributed by atoms with E-state index in [2.05, 4.69) is 0 Å².